The minimum absolute atomic E-state index is 0.193. The number of anilines is 1. The van der Waals surface area contributed by atoms with Gasteiger partial charge in [-0.2, -0.15) is 0 Å². The van der Waals surface area contributed by atoms with Crippen molar-refractivity contribution < 1.29 is 5.11 Å². The number of hydrogen-bond acceptors (Lipinski definition) is 6. The Kier molecular flexibility index (Phi) is 6.50. The molecule has 3 aliphatic heterocycles. The monoisotopic (exact) mass is 387 g/mol. The third-order valence-corrected chi connectivity index (χ3v) is 6.53. The van der Waals surface area contributed by atoms with Gasteiger partial charge in [0.25, 0.3) is 0 Å². The maximum Gasteiger partial charge on any atom is 0.157 e. The number of piperazine rings is 3. The first-order valence-electron chi connectivity index (χ1n) is 10.7. The van der Waals surface area contributed by atoms with Crippen molar-refractivity contribution in [1.82, 2.24) is 24.9 Å². The molecule has 0 bridgehead atoms. The second-order valence-corrected chi connectivity index (χ2v) is 8.26. The van der Waals surface area contributed by atoms with Gasteiger partial charge < -0.3 is 14.9 Å². The molecule has 4 rings (SSSR count). The molecule has 3 aliphatic rings. The van der Waals surface area contributed by atoms with Crippen molar-refractivity contribution in [3.63, 3.8) is 0 Å². The molecule has 0 saturated carbocycles. The van der Waals surface area contributed by atoms with Crippen LogP contribution in [-0.2, 0) is 0 Å². The van der Waals surface area contributed by atoms with Gasteiger partial charge in [0.05, 0.1) is 6.61 Å². The van der Waals surface area contributed by atoms with Crippen molar-refractivity contribution in [2.24, 2.45) is 0 Å². The number of aliphatic hydroxyl groups is 1. The van der Waals surface area contributed by atoms with Gasteiger partial charge in [-0.15, -0.1) is 0 Å². The lowest BCUT2D eigenvalue weighted by molar-refractivity contribution is -0.134. The number of β-amino-alcohol motifs (C(OH)–C–C–N with tert-alkyl or cyclic N) is 1. The molecule has 7 heteroatoms. The number of likely N-dealkylation sites (N-methyl/N-ethyl adjacent to an activating group) is 1. The van der Waals surface area contributed by atoms with Crippen molar-refractivity contribution in [1.29, 1.82) is 0 Å². The molecular formula is C21H35N6O. The fourth-order valence-electron chi connectivity index (χ4n) is 4.92. The van der Waals surface area contributed by atoms with Gasteiger partial charge in [-0.05, 0) is 19.2 Å². The molecule has 28 heavy (non-hydrogen) atoms. The second-order valence-electron chi connectivity index (χ2n) is 8.26. The number of benzene rings is 1. The third-order valence-electron chi connectivity index (χ3n) is 6.53. The largest absolute Gasteiger partial charge is 0.395 e. The highest BCUT2D eigenvalue weighted by atomic mass is 16.3. The molecule has 0 spiro atoms. The second kappa shape index (κ2) is 9.07. The van der Waals surface area contributed by atoms with Crippen molar-refractivity contribution in [2.75, 3.05) is 97.1 Å². The van der Waals surface area contributed by atoms with Gasteiger partial charge in [-0.25, -0.2) is 5.32 Å². The summed E-state index contributed by atoms with van der Waals surface area (Å²) in [6.45, 7) is 12.3. The normalized spacial score (nSPS) is 29.3. The van der Waals surface area contributed by atoms with E-state index in [1.165, 1.54) is 5.69 Å². The van der Waals surface area contributed by atoms with Crippen molar-refractivity contribution in [3.05, 3.63) is 30.3 Å². The highest BCUT2D eigenvalue weighted by Crippen LogP contribution is 2.27. The van der Waals surface area contributed by atoms with Gasteiger partial charge in [-0.1, -0.05) is 18.2 Å². The van der Waals surface area contributed by atoms with Gasteiger partial charge in [0.1, 0.15) is 0 Å². The standard InChI is InChI=1S/C21H35N6O/c1-23-8-7-22-21(19-23,26-13-9-24(10-14-26)17-18-28)27-15-11-25(12-16-27)20-5-3-2-4-6-20/h2-6,28H,7-19H2,1H3. The molecule has 1 aromatic carbocycles. The number of para-hydroxylation sites is 1. The summed E-state index contributed by atoms with van der Waals surface area (Å²) >= 11 is 0. The molecule has 1 atom stereocenters. The molecule has 7 nitrogen and oxygen atoms in total. The summed E-state index contributed by atoms with van der Waals surface area (Å²) in [5, 5.41) is 14.5. The van der Waals surface area contributed by atoms with Crippen LogP contribution in [0.3, 0.4) is 0 Å². The van der Waals surface area contributed by atoms with Crippen LogP contribution in [0.2, 0.25) is 0 Å². The Bertz CT molecular complexity index is 600. The summed E-state index contributed by atoms with van der Waals surface area (Å²) in [6, 6.07) is 10.8. The van der Waals surface area contributed by atoms with E-state index in [4.69, 9.17) is 5.32 Å². The Hall–Kier alpha value is -1.22. The van der Waals surface area contributed by atoms with E-state index in [0.29, 0.717) is 0 Å². The lowest BCUT2D eigenvalue weighted by atomic mass is 10.1. The van der Waals surface area contributed by atoms with Gasteiger partial charge in [-0.3, -0.25) is 14.7 Å². The van der Waals surface area contributed by atoms with E-state index in [0.717, 1.165) is 78.5 Å². The first-order chi connectivity index (χ1) is 13.7. The summed E-state index contributed by atoms with van der Waals surface area (Å²) in [5.41, 5.74) is 1.33. The van der Waals surface area contributed by atoms with Crippen LogP contribution in [0.1, 0.15) is 0 Å². The third kappa shape index (κ3) is 4.20. The van der Waals surface area contributed by atoms with Crippen LogP contribution in [-0.4, -0.2) is 123 Å². The van der Waals surface area contributed by atoms with Crippen LogP contribution in [0.4, 0.5) is 5.69 Å². The molecule has 1 unspecified atom stereocenters. The fourth-order valence-corrected chi connectivity index (χ4v) is 4.92. The molecule has 0 aliphatic carbocycles. The van der Waals surface area contributed by atoms with E-state index in [1.807, 2.05) is 0 Å². The molecule has 3 fully saturated rings. The zero-order valence-electron chi connectivity index (χ0n) is 17.2. The molecule has 0 amide bonds. The van der Waals surface area contributed by atoms with Crippen molar-refractivity contribution in [2.45, 2.75) is 5.79 Å². The maximum atomic E-state index is 9.25. The van der Waals surface area contributed by atoms with Gasteiger partial charge in [0.2, 0.25) is 0 Å². The quantitative estimate of drug-likeness (QED) is 0.744. The Morgan fingerprint density at radius 3 is 2.14 bits per heavy atom. The first kappa shape index (κ1) is 20.1. The molecule has 0 aromatic heterocycles. The number of hydrogen-bond donors (Lipinski definition) is 1. The predicted molar refractivity (Wildman–Crippen MR) is 113 cm³/mol. The zero-order valence-corrected chi connectivity index (χ0v) is 17.2. The molecule has 1 N–H and O–H groups in total. The molecule has 1 aromatic rings. The minimum Gasteiger partial charge on any atom is -0.395 e. The Labute approximate surface area is 169 Å². The average Bonchev–Trinajstić information content (AvgIpc) is 2.75. The number of nitrogens with zero attached hydrogens (tertiary/aromatic N) is 6. The lowest BCUT2D eigenvalue weighted by Crippen LogP contribution is -2.77. The zero-order chi connectivity index (χ0) is 19.4. The maximum absolute atomic E-state index is 9.25. The van der Waals surface area contributed by atoms with Crippen molar-refractivity contribution in [3.8, 4) is 0 Å². The number of rotatable bonds is 5. The van der Waals surface area contributed by atoms with Crippen LogP contribution in [0.25, 0.3) is 0 Å². The summed E-state index contributed by atoms with van der Waals surface area (Å²) in [4.78, 5) is 12.5. The number of aliphatic hydroxyl groups excluding tert-OH is 1. The summed E-state index contributed by atoms with van der Waals surface area (Å²) in [5.74, 6) is -0.193. The molecule has 3 saturated heterocycles. The predicted octanol–water partition coefficient (Wildman–Crippen LogP) is -0.378. The Morgan fingerprint density at radius 2 is 1.54 bits per heavy atom. The van der Waals surface area contributed by atoms with Crippen LogP contribution in [0, 0.1) is 0 Å². The SMILES string of the molecule is CN1CC[N]C(N2CCN(CCO)CC2)(N2CCN(c3ccccc3)CC2)C1. The minimum atomic E-state index is -0.193. The van der Waals surface area contributed by atoms with Crippen molar-refractivity contribution >= 4 is 5.69 Å². The summed E-state index contributed by atoms with van der Waals surface area (Å²) in [7, 11) is 2.23. The van der Waals surface area contributed by atoms with Crippen LogP contribution < -0.4 is 10.2 Å². The van der Waals surface area contributed by atoms with Gasteiger partial charge >= 0.3 is 0 Å². The molecule has 155 valence electrons. The van der Waals surface area contributed by atoms with Crippen LogP contribution in [0.5, 0.6) is 0 Å². The Balaban J connectivity index is 1.45. The average molecular weight is 388 g/mol. The highest BCUT2D eigenvalue weighted by molar-refractivity contribution is 5.46. The van der Waals surface area contributed by atoms with E-state index in [-0.39, 0.29) is 12.4 Å². The van der Waals surface area contributed by atoms with E-state index < -0.39 is 0 Å². The van der Waals surface area contributed by atoms with E-state index in [9.17, 15) is 5.11 Å². The highest BCUT2D eigenvalue weighted by Gasteiger charge is 2.47. The first-order valence-corrected chi connectivity index (χ1v) is 10.7. The molecule has 3 heterocycles. The van der Waals surface area contributed by atoms with E-state index in [2.05, 4.69) is 61.9 Å². The fraction of sp³-hybridized carbons (Fsp3) is 0.714. The summed E-state index contributed by atoms with van der Waals surface area (Å²) < 4.78 is 0. The van der Waals surface area contributed by atoms with Crippen LogP contribution >= 0.6 is 0 Å². The topological polar surface area (TPSA) is 50.5 Å². The lowest BCUT2D eigenvalue weighted by Gasteiger charge is -2.57. The molecular weight excluding hydrogens is 352 g/mol. The summed E-state index contributed by atoms with van der Waals surface area (Å²) in [6.07, 6.45) is 0. The van der Waals surface area contributed by atoms with Crippen LogP contribution in [0.15, 0.2) is 30.3 Å². The van der Waals surface area contributed by atoms with Gasteiger partial charge in [0.15, 0.2) is 5.79 Å². The van der Waals surface area contributed by atoms with E-state index in [1.54, 1.807) is 0 Å². The van der Waals surface area contributed by atoms with E-state index >= 15 is 0 Å². The Morgan fingerprint density at radius 1 is 0.893 bits per heavy atom. The van der Waals surface area contributed by atoms with Gasteiger partial charge in [0, 0.05) is 84.2 Å². The molecule has 1 radical (unpaired) electrons. The smallest absolute Gasteiger partial charge is 0.157 e.